The van der Waals surface area contributed by atoms with Gasteiger partial charge in [-0.05, 0) is 34.9 Å². The molecule has 7 N–H and O–H groups in total. The first-order valence-electron chi connectivity index (χ1n) is 8.11. The molecule has 148 valence electrons. The zero-order valence-corrected chi connectivity index (χ0v) is 14.6. The van der Waals surface area contributed by atoms with E-state index >= 15 is 0 Å². The Morgan fingerprint density at radius 3 is 2.64 bits per heavy atom. The topological polar surface area (TPSA) is 130 Å². The molecule has 0 bridgehead atoms. The van der Waals surface area contributed by atoms with Gasteiger partial charge in [0.05, 0.1) is 18.4 Å². The summed E-state index contributed by atoms with van der Waals surface area (Å²) < 4.78 is 42.6. The second-order valence-electron chi connectivity index (χ2n) is 6.03. The molecule has 0 unspecified atom stereocenters. The van der Waals surface area contributed by atoms with Crippen LogP contribution in [0.2, 0.25) is 0 Å². The third kappa shape index (κ3) is 4.82. The van der Waals surface area contributed by atoms with E-state index in [1.807, 2.05) is 0 Å². The van der Waals surface area contributed by atoms with Gasteiger partial charge in [0.1, 0.15) is 11.6 Å². The Morgan fingerprint density at radius 1 is 1.14 bits per heavy atom. The molecule has 0 spiro atoms. The Kier molecular flexibility index (Phi) is 5.27. The molecule has 0 saturated heterocycles. The highest BCUT2D eigenvalue weighted by Gasteiger charge is 2.31. The van der Waals surface area contributed by atoms with Crippen molar-refractivity contribution in [3.8, 4) is 5.75 Å². The van der Waals surface area contributed by atoms with Crippen molar-refractivity contribution in [2.45, 2.75) is 19.3 Å². The average Bonchev–Trinajstić information content (AvgIpc) is 3.03. The number of hydrazine groups is 1. The Bertz CT molecular complexity index is 972. The summed E-state index contributed by atoms with van der Waals surface area (Å²) in [4.78, 5) is 3.99. The standard InChI is InChI=1S/C17H18F3N7O/c18-17(19,20)28-13-3-1-2-10(5-13)8-27-9-11(7-24-27)4-12-6-14(21)25-16(26-23)15(12)22/h1-3,5-7,9H,4,8,22-23H2,(H3,21,25,26). The number of benzene rings is 1. The molecule has 1 aromatic carbocycles. The molecular formula is C17H18F3N7O. The molecule has 8 nitrogen and oxygen atoms in total. The van der Waals surface area contributed by atoms with E-state index < -0.39 is 6.36 Å². The largest absolute Gasteiger partial charge is 0.573 e. The maximum absolute atomic E-state index is 12.3. The van der Waals surface area contributed by atoms with Gasteiger partial charge in [0.15, 0.2) is 5.82 Å². The van der Waals surface area contributed by atoms with Gasteiger partial charge in [0.2, 0.25) is 0 Å². The molecule has 0 amide bonds. The van der Waals surface area contributed by atoms with Gasteiger partial charge < -0.3 is 21.6 Å². The molecule has 3 aromatic rings. The second-order valence-corrected chi connectivity index (χ2v) is 6.03. The van der Waals surface area contributed by atoms with Gasteiger partial charge in [-0.2, -0.15) is 5.10 Å². The molecule has 0 saturated carbocycles. The third-order valence-corrected chi connectivity index (χ3v) is 3.86. The van der Waals surface area contributed by atoms with E-state index in [1.54, 1.807) is 29.2 Å². The summed E-state index contributed by atoms with van der Waals surface area (Å²) >= 11 is 0. The molecular weight excluding hydrogens is 375 g/mol. The van der Waals surface area contributed by atoms with Crippen LogP contribution < -0.4 is 27.5 Å². The van der Waals surface area contributed by atoms with E-state index in [0.29, 0.717) is 17.7 Å². The maximum Gasteiger partial charge on any atom is 0.573 e. The lowest BCUT2D eigenvalue weighted by Gasteiger charge is -2.10. The van der Waals surface area contributed by atoms with Gasteiger partial charge in [-0.1, -0.05) is 12.1 Å². The Balaban J connectivity index is 1.73. The molecule has 0 aliphatic heterocycles. The Hall–Kier alpha value is -3.47. The lowest BCUT2D eigenvalue weighted by atomic mass is 10.1. The third-order valence-electron chi connectivity index (χ3n) is 3.86. The van der Waals surface area contributed by atoms with Gasteiger partial charge in [0, 0.05) is 12.6 Å². The molecule has 2 aromatic heterocycles. The highest BCUT2D eigenvalue weighted by atomic mass is 19.4. The van der Waals surface area contributed by atoms with Crippen LogP contribution in [0.4, 0.5) is 30.5 Å². The Morgan fingerprint density at radius 2 is 1.93 bits per heavy atom. The summed E-state index contributed by atoms with van der Waals surface area (Å²) in [7, 11) is 0. The minimum atomic E-state index is -4.74. The lowest BCUT2D eigenvalue weighted by Crippen LogP contribution is -2.17. The molecule has 0 aliphatic carbocycles. The summed E-state index contributed by atoms with van der Waals surface area (Å²) in [5.41, 5.74) is 16.7. The summed E-state index contributed by atoms with van der Waals surface area (Å²) in [5.74, 6) is 5.65. The first-order chi connectivity index (χ1) is 13.2. The molecule has 0 aliphatic rings. The molecule has 28 heavy (non-hydrogen) atoms. The summed E-state index contributed by atoms with van der Waals surface area (Å²) in [6.45, 7) is 0.276. The van der Waals surface area contributed by atoms with Crippen molar-refractivity contribution in [2.75, 3.05) is 16.9 Å². The molecule has 2 heterocycles. The zero-order chi connectivity index (χ0) is 20.3. The van der Waals surface area contributed by atoms with Crippen molar-refractivity contribution in [3.63, 3.8) is 0 Å². The SMILES string of the molecule is NNc1nc(N)cc(Cc2cnn(Cc3cccc(OC(F)(F)F)c3)c2)c1N. The molecule has 0 fully saturated rings. The number of pyridine rings is 1. The number of ether oxygens (including phenoxy) is 1. The predicted molar refractivity (Wildman–Crippen MR) is 98.1 cm³/mol. The van der Waals surface area contributed by atoms with E-state index in [0.717, 1.165) is 11.1 Å². The van der Waals surface area contributed by atoms with Gasteiger partial charge >= 0.3 is 6.36 Å². The molecule has 3 rings (SSSR count). The van der Waals surface area contributed by atoms with E-state index in [1.165, 1.54) is 18.2 Å². The van der Waals surface area contributed by atoms with Gasteiger partial charge in [-0.25, -0.2) is 10.8 Å². The number of nitrogens with one attached hydrogen (secondary N) is 1. The number of hydrogen-bond acceptors (Lipinski definition) is 7. The number of alkyl halides is 3. The van der Waals surface area contributed by atoms with Crippen LogP contribution in [0.1, 0.15) is 16.7 Å². The number of hydrogen-bond donors (Lipinski definition) is 4. The van der Waals surface area contributed by atoms with Crippen LogP contribution in [0, 0.1) is 0 Å². The number of nitrogens with zero attached hydrogens (tertiary/aromatic N) is 3. The van der Waals surface area contributed by atoms with Crippen molar-refractivity contribution in [2.24, 2.45) is 5.84 Å². The number of anilines is 3. The van der Waals surface area contributed by atoms with E-state index in [4.69, 9.17) is 17.3 Å². The minimum absolute atomic E-state index is 0.269. The zero-order valence-electron chi connectivity index (χ0n) is 14.6. The highest BCUT2D eigenvalue weighted by Crippen LogP contribution is 2.25. The number of halogens is 3. The Labute approximate surface area is 158 Å². The summed E-state index contributed by atoms with van der Waals surface area (Å²) in [6.07, 6.45) is -0.893. The fourth-order valence-corrected chi connectivity index (χ4v) is 2.72. The quantitative estimate of drug-likeness (QED) is 0.373. The van der Waals surface area contributed by atoms with Gasteiger partial charge in [-0.3, -0.25) is 4.68 Å². The van der Waals surface area contributed by atoms with Crippen LogP contribution in [0.15, 0.2) is 42.7 Å². The summed E-state index contributed by atoms with van der Waals surface area (Å²) in [5, 5.41) is 4.23. The monoisotopic (exact) mass is 393 g/mol. The number of rotatable bonds is 6. The first-order valence-corrected chi connectivity index (χ1v) is 8.11. The minimum Gasteiger partial charge on any atom is -0.406 e. The first kappa shape index (κ1) is 19.3. The van der Waals surface area contributed by atoms with Crippen molar-refractivity contribution in [1.29, 1.82) is 0 Å². The number of nitrogen functional groups attached to an aromatic ring is 3. The lowest BCUT2D eigenvalue weighted by molar-refractivity contribution is -0.274. The van der Waals surface area contributed by atoms with Crippen molar-refractivity contribution in [1.82, 2.24) is 14.8 Å². The van der Waals surface area contributed by atoms with Crippen LogP contribution in [0.5, 0.6) is 5.75 Å². The van der Waals surface area contributed by atoms with E-state index in [-0.39, 0.29) is 23.9 Å². The summed E-state index contributed by atoms with van der Waals surface area (Å²) in [6, 6.07) is 7.38. The fourth-order valence-electron chi connectivity index (χ4n) is 2.72. The number of nitrogens with two attached hydrogens (primary N) is 3. The average molecular weight is 393 g/mol. The van der Waals surface area contributed by atoms with E-state index in [2.05, 4.69) is 20.2 Å². The van der Waals surface area contributed by atoms with Crippen LogP contribution >= 0.6 is 0 Å². The molecule has 11 heteroatoms. The van der Waals surface area contributed by atoms with Crippen molar-refractivity contribution >= 4 is 17.3 Å². The van der Waals surface area contributed by atoms with Crippen LogP contribution in [0.3, 0.4) is 0 Å². The van der Waals surface area contributed by atoms with Gasteiger partial charge in [0.25, 0.3) is 0 Å². The maximum atomic E-state index is 12.3. The van der Waals surface area contributed by atoms with Crippen LogP contribution in [-0.2, 0) is 13.0 Å². The highest BCUT2D eigenvalue weighted by molar-refractivity contribution is 5.68. The molecule has 0 atom stereocenters. The smallest absolute Gasteiger partial charge is 0.406 e. The van der Waals surface area contributed by atoms with Crippen molar-refractivity contribution in [3.05, 3.63) is 59.4 Å². The van der Waals surface area contributed by atoms with Crippen LogP contribution in [-0.4, -0.2) is 21.1 Å². The normalized spacial score (nSPS) is 11.4. The van der Waals surface area contributed by atoms with Crippen LogP contribution in [0.25, 0.3) is 0 Å². The van der Waals surface area contributed by atoms with E-state index in [9.17, 15) is 13.2 Å². The second kappa shape index (κ2) is 7.64. The van der Waals surface area contributed by atoms with Crippen molar-refractivity contribution < 1.29 is 17.9 Å². The predicted octanol–water partition coefficient (Wildman–Crippen LogP) is 2.27. The number of aromatic nitrogens is 3. The molecule has 0 radical (unpaired) electrons. The fraction of sp³-hybridized carbons (Fsp3) is 0.176. The van der Waals surface area contributed by atoms with Gasteiger partial charge in [-0.15, -0.1) is 13.2 Å².